The summed E-state index contributed by atoms with van der Waals surface area (Å²) in [6.07, 6.45) is -0.0222. The number of rotatable bonds is 10. The van der Waals surface area contributed by atoms with E-state index >= 15 is 0 Å². The molecule has 2 N–H and O–H groups in total. The minimum atomic E-state index is -1.32. The molecule has 2 aromatic rings. The highest BCUT2D eigenvalue weighted by Crippen LogP contribution is 2.38. The Labute approximate surface area is 162 Å². The van der Waals surface area contributed by atoms with Gasteiger partial charge in [-0.2, -0.15) is 11.8 Å². The first kappa shape index (κ1) is 20.6. The number of aliphatic carboxylic acids is 2. The maximum Gasteiger partial charge on any atom is 0.319 e. The van der Waals surface area contributed by atoms with Gasteiger partial charge in [-0.3, -0.25) is 9.59 Å². The van der Waals surface area contributed by atoms with Crippen molar-refractivity contribution in [3.8, 4) is 11.5 Å². The minimum Gasteiger partial charge on any atom is -0.497 e. The van der Waals surface area contributed by atoms with Crippen LogP contribution in [0.15, 0.2) is 48.5 Å². The van der Waals surface area contributed by atoms with Crippen LogP contribution in [-0.2, 0) is 15.0 Å². The molecule has 27 heavy (non-hydrogen) atoms. The molecule has 0 aliphatic heterocycles. The molecule has 0 unspecified atom stereocenters. The molecule has 0 aromatic heterocycles. The summed E-state index contributed by atoms with van der Waals surface area (Å²) in [5, 5.41) is 19.0. The highest BCUT2D eigenvalue weighted by molar-refractivity contribution is 7.99. The third-order valence-electron chi connectivity index (χ3n) is 4.31. The van der Waals surface area contributed by atoms with Gasteiger partial charge in [0.05, 0.1) is 20.6 Å². The second-order valence-electron chi connectivity index (χ2n) is 5.86. The number of hydrogen-bond donors (Lipinski definition) is 2. The van der Waals surface area contributed by atoms with Crippen molar-refractivity contribution in [2.75, 3.05) is 25.7 Å². The molecule has 2 rings (SSSR count). The molecular weight excluding hydrogens is 368 g/mol. The number of carbonyl (C=O) groups is 2. The van der Waals surface area contributed by atoms with Crippen LogP contribution in [-0.4, -0.2) is 47.9 Å². The first-order valence-electron chi connectivity index (χ1n) is 8.26. The van der Waals surface area contributed by atoms with E-state index in [1.807, 2.05) is 0 Å². The van der Waals surface area contributed by atoms with Gasteiger partial charge in [0, 0.05) is 11.5 Å². The number of methoxy groups -OCH3 is 2. The normalized spacial score (nSPS) is 11.0. The van der Waals surface area contributed by atoms with Crippen molar-refractivity contribution in [2.45, 2.75) is 11.8 Å². The van der Waals surface area contributed by atoms with Gasteiger partial charge in [0.15, 0.2) is 0 Å². The summed E-state index contributed by atoms with van der Waals surface area (Å²) in [6, 6.07) is 13.8. The summed E-state index contributed by atoms with van der Waals surface area (Å²) < 4.78 is 10.3. The largest absolute Gasteiger partial charge is 0.497 e. The monoisotopic (exact) mass is 390 g/mol. The highest BCUT2D eigenvalue weighted by atomic mass is 32.2. The first-order valence-corrected chi connectivity index (χ1v) is 9.41. The number of benzene rings is 2. The van der Waals surface area contributed by atoms with Crippen molar-refractivity contribution >= 4 is 23.7 Å². The van der Waals surface area contributed by atoms with E-state index < -0.39 is 17.4 Å². The lowest BCUT2D eigenvalue weighted by Crippen LogP contribution is -2.40. The summed E-state index contributed by atoms with van der Waals surface area (Å²) in [5.41, 5.74) is -0.116. The molecule has 0 heterocycles. The molecule has 0 fully saturated rings. The fourth-order valence-corrected chi connectivity index (χ4v) is 4.00. The van der Waals surface area contributed by atoms with Crippen LogP contribution < -0.4 is 9.47 Å². The minimum absolute atomic E-state index is 0.0222. The van der Waals surface area contributed by atoms with Crippen LogP contribution in [0.5, 0.6) is 11.5 Å². The third-order valence-corrected chi connectivity index (χ3v) is 5.44. The van der Waals surface area contributed by atoms with Gasteiger partial charge < -0.3 is 19.7 Å². The maximum atomic E-state index is 12.5. The molecule has 6 nitrogen and oxygen atoms in total. The smallest absolute Gasteiger partial charge is 0.319 e. The van der Waals surface area contributed by atoms with Crippen LogP contribution >= 0.6 is 11.8 Å². The first-order chi connectivity index (χ1) is 12.9. The number of carboxylic acid groups (broad SMARTS) is 2. The molecule has 0 aliphatic carbocycles. The summed E-state index contributed by atoms with van der Waals surface area (Å²) in [7, 11) is 3.09. The lowest BCUT2D eigenvalue weighted by Gasteiger charge is -2.30. The van der Waals surface area contributed by atoms with E-state index in [9.17, 15) is 14.7 Å². The number of hydrogen-bond acceptors (Lipinski definition) is 5. The van der Waals surface area contributed by atoms with Crippen LogP contribution in [0, 0.1) is 0 Å². The van der Waals surface area contributed by atoms with E-state index in [0.29, 0.717) is 28.4 Å². The van der Waals surface area contributed by atoms with Crippen molar-refractivity contribution in [3.05, 3.63) is 59.7 Å². The van der Waals surface area contributed by atoms with Gasteiger partial charge in [-0.1, -0.05) is 24.3 Å². The highest BCUT2D eigenvalue weighted by Gasteiger charge is 2.42. The molecule has 0 saturated heterocycles. The number of thioether (sulfide) groups is 1. The quantitative estimate of drug-likeness (QED) is 0.601. The topological polar surface area (TPSA) is 93.1 Å². The summed E-state index contributed by atoms with van der Waals surface area (Å²) in [6.45, 7) is 0. The molecule has 7 heteroatoms. The molecule has 0 radical (unpaired) electrons. The molecule has 2 aromatic carbocycles. The van der Waals surface area contributed by atoms with Crippen molar-refractivity contribution in [2.24, 2.45) is 0 Å². The Kier molecular flexibility index (Phi) is 7.12. The Morgan fingerprint density at radius 1 is 0.889 bits per heavy atom. The SMILES string of the molecule is COc1ccc(C(CSCCC(=O)O)(C(=O)O)c2ccc(OC)cc2)cc1. The standard InChI is InChI=1S/C20H22O6S/c1-25-16-7-3-14(4-8-16)20(19(23)24,13-27-12-11-18(21)22)15-5-9-17(26-2)10-6-15/h3-10H,11-13H2,1-2H3,(H,21,22)(H,23,24). The Morgan fingerprint density at radius 3 is 1.67 bits per heavy atom. The van der Waals surface area contributed by atoms with Crippen molar-refractivity contribution in [1.29, 1.82) is 0 Å². The molecular formula is C20H22O6S. The molecule has 0 atom stereocenters. The van der Waals surface area contributed by atoms with Gasteiger partial charge in [0.25, 0.3) is 0 Å². The average Bonchev–Trinajstić information content (AvgIpc) is 2.68. The van der Waals surface area contributed by atoms with Gasteiger partial charge in [-0.05, 0) is 35.4 Å². The van der Waals surface area contributed by atoms with Gasteiger partial charge in [-0.15, -0.1) is 0 Å². The summed E-state index contributed by atoms with van der Waals surface area (Å²) in [4.78, 5) is 23.2. The van der Waals surface area contributed by atoms with Gasteiger partial charge in [0.1, 0.15) is 16.9 Å². The van der Waals surface area contributed by atoms with Gasteiger partial charge >= 0.3 is 11.9 Å². The Bertz CT molecular complexity index is 723. The van der Waals surface area contributed by atoms with E-state index in [1.165, 1.54) is 11.8 Å². The second kappa shape index (κ2) is 9.32. The summed E-state index contributed by atoms with van der Waals surface area (Å²) >= 11 is 1.30. The maximum absolute atomic E-state index is 12.5. The van der Waals surface area contributed by atoms with E-state index in [0.717, 1.165) is 0 Å². The molecule has 144 valence electrons. The Morgan fingerprint density at radius 2 is 1.33 bits per heavy atom. The molecule has 0 spiro atoms. The third kappa shape index (κ3) is 4.74. The predicted octanol–water partition coefficient (Wildman–Crippen LogP) is 3.28. The van der Waals surface area contributed by atoms with E-state index in [1.54, 1.807) is 62.8 Å². The fourth-order valence-electron chi connectivity index (χ4n) is 2.78. The van der Waals surface area contributed by atoms with Gasteiger partial charge in [-0.25, -0.2) is 0 Å². The van der Waals surface area contributed by atoms with Crippen LogP contribution in [0.25, 0.3) is 0 Å². The molecule has 0 saturated carbocycles. The lowest BCUT2D eigenvalue weighted by atomic mass is 9.76. The molecule has 0 bridgehead atoms. The second-order valence-corrected chi connectivity index (χ2v) is 6.97. The van der Waals surface area contributed by atoms with Crippen molar-refractivity contribution < 1.29 is 29.3 Å². The van der Waals surface area contributed by atoms with E-state index in [4.69, 9.17) is 14.6 Å². The molecule has 0 aliphatic rings. The summed E-state index contributed by atoms with van der Waals surface area (Å²) in [5.74, 6) is -0.110. The lowest BCUT2D eigenvalue weighted by molar-refractivity contribution is -0.141. The number of ether oxygens (including phenoxy) is 2. The van der Waals surface area contributed by atoms with Gasteiger partial charge in [0.2, 0.25) is 0 Å². The zero-order chi connectivity index (χ0) is 19.9. The molecule has 0 amide bonds. The zero-order valence-corrected chi connectivity index (χ0v) is 16.0. The zero-order valence-electron chi connectivity index (χ0n) is 15.2. The van der Waals surface area contributed by atoms with Crippen LogP contribution in [0.2, 0.25) is 0 Å². The van der Waals surface area contributed by atoms with Crippen LogP contribution in [0.1, 0.15) is 17.5 Å². The van der Waals surface area contributed by atoms with Crippen LogP contribution in [0.4, 0.5) is 0 Å². The van der Waals surface area contributed by atoms with E-state index in [-0.39, 0.29) is 12.2 Å². The number of carboxylic acids is 2. The Balaban J connectivity index is 2.47. The van der Waals surface area contributed by atoms with E-state index in [2.05, 4.69) is 0 Å². The van der Waals surface area contributed by atoms with Crippen molar-refractivity contribution in [3.63, 3.8) is 0 Å². The van der Waals surface area contributed by atoms with Crippen LogP contribution in [0.3, 0.4) is 0 Å². The fraction of sp³-hybridized carbons (Fsp3) is 0.300. The Hall–Kier alpha value is -2.67. The average molecular weight is 390 g/mol. The predicted molar refractivity (Wildman–Crippen MR) is 104 cm³/mol. The van der Waals surface area contributed by atoms with Crippen molar-refractivity contribution in [1.82, 2.24) is 0 Å².